The van der Waals surface area contributed by atoms with E-state index in [-0.39, 0.29) is 0 Å². The molecule has 0 radical (unpaired) electrons. The van der Waals surface area contributed by atoms with Gasteiger partial charge >= 0.3 is 6.18 Å². The highest BCUT2D eigenvalue weighted by molar-refractivity contribution is 9.10. The van der Waals surface area contributed by atoms with Crippen LogP contribution in [-0.4, -0.2) is 52.4 Å². The Morgan fingerprint density at radius 2 is 1.00 bits per heavy atom. The SMILES string of the molecule is Brc1ccccc1C1=CCNCC1.Cc1cccc(C2=CCNCC2)c1.Clc1ccc(C2=CCNCC2)cc1Cl.FC(F)(F)c1cccc(C2=CCNCC2)c1. The van der Waals surface area contributed by atoms with Crippen molar-refractivity contribution in [2.75, 3.05) is 52.4 Å². The molecule has 4 aliphatic heterocycles. The highest BCUT2D eigenvalue weighted by Gasteiger charge is 2.30. The van der Waals surface area contributed by atoms with Gasteiger partial charge in [0.2, 0.25) is 0 Å². The molecule has 4 nitrogen and oxygen atoms in total. The van der Waals surface area contributed by atoms with Crippen LogP contribution in [0.4, 0.5) is 13.2 Å². The number of halogens is 6. The second kappa shape index (κ2) is 22.5. The van der Waals surface area contributed by atoms with Gasteiger partial charge < -0.3 is 21.3 Å². The zero-order valence-electron chi connectivity index (χ0n) is 31.7. The molecule has 0 amide bonds. The summed E-state index contributed by atoms with van der Waals surface area (Å²) in [7, 11) is 0. The van der Waals surface area contributed by atoms with Crippen LogP contribution in [0.5, 0.6) is 0 Å². The van der Waals surface area contributed by atoms with Gasteiger partial charge in [-0.2, -0.15) is 13.2 Å². The lowest BCUT2D eigenvalue weighted by atomic mass is 9.98. The van der Waals surface area contributed by atoms with Crippen molar-refractivity contribution < 1.29 is 13.2 Å². The lowest BCUT2D eigenvalue weighted by Gasteiger charge is -2.15. The van der Waals surface area contributed by atoms with E-state index in [1.807, 2.05) is 24.3 Å². The van der Waals surface area contributed by atoms with Crippen LogP contribution >= 0.6 is 39.1 Å². The summed E-state index contributed by atoms with van der Waals surface area (Å²) in [5, 5.41) is 14.3. The van der Waals surface area contributed by atoms with Gasteiger partial charge in [0, 0.05) is 30.7 Å². The molecule has 0 saturated heterocycles. The lowest BCUT2D eigenvalue weighted by molar-refractivity contribution is -0.137. The van der Waals surface area contributed by atoms with Crippen molar-refractivity contribution in [2.45, 2.75) is 38.8 Å². The predicted octanol–water partition coefficient (Wildman–Crippen LogP) is 11.6. The van der Waals surface area contributed by atoms with Crippen molar-refractivity contribution >= 4 is 61.4 Å². The zero-order chi connectivity index (χ0) is 39.8. The molecule has 4 heterocycles. The largest absolute Gasteiger partial charge is 0.416 e. The molecule has 0 atom stereocenters. The molecule has 0 spiro atoms. The summed E-state index contributed by atoms with van der Waals surface area (Å²) in [6, 6.07) is 28.4. The van der Waals surface area contributed by atoms with Gasteiger partial charge in [0.15, 0.2) is 0 Å². The quantitative estimate of drug-likeness (QED) is 0.165. The van der Waals surface area contributed by atoms with Crippen LogP contribution in [0.3, 0.4) is 0 Å². The van der Waals surface area contributed by atoms with E-state index in [9.17, 15) is 13.2 Å². The molecule has 0 bridgehead atoms. The first-order chi connectivity index (χ1) is 27.1. The molecular formula is C46H50BrCl2F3N4. The van der Waals surface area contributed by atoms with Crippen molar-refractivity contribution in [1.29, 1.82) is 0 Å². The van der Waals surface area contributed by atoms with E-state index >= 15 is 0 Å². The third-order valence-electron chi connectivity index (χ3n) is 9.72. The number of alkyl halides is 3. The number of hydrogen-bond acceptors (Lipinski definition) is 4. The number of hydrogen-bond donors (Lipinski definition) is 4. The standard InChI is InChI=1S/C12H12F3N.C12H15N.C11H12BrN.C11H11Cl2N/c13-12(14,15)11-3-1-2-10(8-11)9-4-6-16-7-5-9;1-10-3-2-4-12(9-10)11-5-7-13-8-6-11;12-11-4-2-1-3-10(11)9-5-7-13-8-6-9;12-10-2-1-9(7-11(10)13)8-3-5-14-6-4-8/h1-4,8,16H,5-7H2;2-5,9,13H,6-8H2,1H3;1-5,13H,6-8H2;1-3,7,14H,4-6H2. The Morgan fingerprint density at radius 3 is 1.46 bits per heavy atom. The third kappa shape index (κ3) is 13.9. The molecule has 56 heavy (non-hydrogen) atoms. The second-order valence-electron chi connectivity index (χ2n) is 13.8. The third-order valence-corrected chi connectivity index (χ3v) is 11.1. The summed E-state index contributed by atoms with van der Waals surface area (Å²) in [5.41, 5.74) is 10.6. The van der Waals surface area contributed by atoms with E-state index in [1.165, 1.54) is 55.6 Å². The van der Waals surface area contributed by atoms with Crippen LogP contribution in [0, 0.1) is 6.92 Å². The van der Waals surface area contributed by atoms with Crippen LogP contribution < -0.4 is 21.3 Å². The van der Waals surface area contributed by atoms with Gasteiger partial charge in [-0.15, -0.1) is 0 Å². The number of nitrogens with one attached hydrogen (secondary N) is 4. The van der Waals surface area contributed by atoms with Gasteiger partial charge in [0.1, 0.15) is 0 Å². The van der Waals surface area contributed by atoms with E-state index in [4.69, 9.17) is 23.2 Å². The van der Waals surface area contributed by atoms with Crippen LogP contribution in [0.15, 0.2) is 120 Å². The fourth-order valence-electron chi connectivity index (χ4n) is 6.68. The molecule has 0 fully saturated rings. The van der Waals surface area contributed by atoms with Gasteiger partial charge in [-0.3, -0.25) is 0 Å². The first-order valence-electron chi connectivity index (χ1n) is 19.1. The lowest BCUT2D eigenvalue weighted by Crippen LogP contribution is -2.20. The van der Waals surface area contributed by atoms with Crippen molar-refractivity contribution in [3.05, 3.63) is 163 Å². The average molecular weight is 867 g/mol. The minimum atomic E-state index is -4.26. The van der Waals surface area contributed by atoms with Crippen molar-refractivity contribution in [2.24, 2.45) is 0 Å². The molecule has 8 rings (SSSR count). The Morgan fingerprint density at radius 1 is 0.518 bits per heavy atom. The normalized spacial score (nSPS) is 16.8. The van der Waals surface area contributed by atoms with E-state index in [1.54, 1.807) is 6.07 Å². The first-order valence-corrected chi connectivity index (χ1v) is 20.7. The fourth-order valence-corrected chi connectivity index (χ4v) is 7.52. The second-order valence-corrected chi connectivity index (χ2v) is 15.5. The molecule has 4 N–H and O–H groups in total. The van der Waals surface area contributed by atoms with E-state index in [2.05, 4.69) is 111 Å². The highest BCUT2D eigenvalue weighted by Crippen LogP contribution is 2.32. The van der Waals surface area contributed by atoms with Crippen LogP contribution in [0.2, 0.25) is 10.0 Å². The topological polar surface area (TPSA) is 48.1 Å². The molecule has 10 heteroatoms. The zero-order valence-corrected chi connectivity index (χ0v) is 34.8. The van der Waals surface area contributed by atoms with E-state index in [0.717, 1.165) is 89.7 Å². The Labute approximate surface area is 348 Å². The summed E-state index contributed by atoms with van der Waals surface area (Å²) < 4.78 is 38.7. The van der Waals surface area contributed by atoms with Crippen molar-refractivity contribution in [3.8, 4) is 0 Å². The maximum absolute atomic E-state index is 12.5. The first kappa shape index (κ1) is 43.6. The molecule has 296 valence electrons. The summed E-state index contributed by atoms with van der Waals surface area (Å²) in [6.45, 7) is 9.88. The molecule has 4 aromatic carbocycles. The predicted molar refractivity (Wildman–Crippen MR) is 235 cm³/mol. The maximum Gasteiger partial charge on any atom is 0.416 e. The average Bonchev–Trinajstić information content (AvgIpc) is 3.24. The minimum absolute atomic E-state index is 0.579. The molecule has 0 aromatic heterocycles. The van der Waals surface area contributed by atoms with E-state index < -0.39 is 11.7 Å². The van der Waals surface area contributed by atoms with Gasteiger partial charge in [0.25, 0.3) is 0 Å². The minimum Gasteiger partial charge on any atom is -0.313 e. The molecule has 4 aliphatic rings. The maximum atomic E-state index is 12.5. The number of aryl methyl sites for hydroxylation is 1. The molecule has 0 aliphatic carbocycles. The Hall–Kier alpha value is -3.47. The van der Waals surface area contributed by atoms with E-state index in [0.29, 0.717) is 15.6 Å². The fraction of sp³-hybridized carbons (Fsp3) is 0.304. The smallest absolute Gasteiger partial charge is 0.313 e. The number of rotatable bonds is 4. The van der Waals surface area contributed by atoms with Crippen LogP contribution in [-0.2, 0) is 6.18 Å². The molecule has 0 saturated carbocycles. The van der Waals surface area contributed by atoms with Crippen molar-refractivity contribution in [3.63, 3.8) is 0 Å². The Kier molecular flexibility index (Phi) is 17.5. The number of benzene rings is 4. The Bertz CT molecular complexity index is 2020. The Balaban J connectivity index is 0.000000143. The monoisotopic (exact) mass is 864 g/mol. The summed E-state index contributed by atoms with van der Waals surface area (Å²) in [5.74, 6) is 0. The van der Waals surface area contributed by atoms with Gasteiger partial charge in [-0.1, -0.05) is 130 Å². The summed E-state index contributed by atoms with van der Waals surface area (Å²) in [4.78, 5) is 0. The van der Waals surface area contributed by atoms with Crippen LogP contribution in [0.25, 0.3) is 22.3 Å². The summed E-state index contributed by atoms with van der Waals surface area (Å²) in [6.07, 6.45) is 8.55. The van der Waals surface area contributed by atoms with Crippen molar-refractivity contribution in [1.82, 2.24) is 21.3 Å². The highest BCUT2D eigenvalue weighted by atomic mass is 79.9. The molecule has 0 unspecified atom stereocenters. The van der Waals surface area contributed by atoms with Gasteiger partial charge in [-0.05, 0) is 134 Å². The van der Waals surface area contributed by atoms with Gasteiger partial charge in [-0.25, -0.2) is 0 Å². The molecule has 4 aromatic rings. The molecular weight excluding hydrogens is 816 g/mol. The van der Waals surface area contributed by atoms with Crippen LogP contribution in [0.1, 0.15) is 59.1 Å². The van der Waals surface area contributed by atoms with Gasteiger partial charge in [0.05, 0.1) is 15.6 Å². The summed E-state index contributed by atoms with van der Waals surface area (Å²) >= 11 is 15.4.